The molecular formula is C23H21N5O. The van der Waals surface area contributed by atoms with Gasteiger partial charge in [0.05, 0.1) is 0 Å². The van der Waals surface area contributed by atoms with E-state index in [2.05, 4.69) is 50.6 Å². The minimum atomic E-state index is 0.389. The monoisotopic (exact) mass is 383 g/mol. The van der Waals surface area contributed by atoms with Gasteiger partial charge in [-0.2, -0.15) is 0 Å². The molecule has 3 heterocycles. The average Bonchev–Trinajstić information content (AvgIpc) is 3.23. The lowest BCUT2D eigenvalue weighted by atomic mass is 9.99. The summed E-state index contributed by atoms with van der Waals surface area (Å²) in [5.74, 6) is 0.484. The molecule has 1 aliphatic heterocycles. The number of rotatable bonds is 4. The summed E-state index contributed by atoms with van der Waals surface area (Å²) < 4.78 is 5.87. The molecule has 0 spiro atoms. The van der Waals surface area contributed by atoms with Crippen molar-refractivity contribution in [3.63, 3.8) is 0 Å². The summed E-state index contributed by atoms with van der Waals surface area (Å²) in [5, 5.41) is 11.6. The van der Waals surface area contributed by atoms with Crippen molar-refractivity contribution in [2.24, 2.45) is 0 Å². The van der Waals surface area contributed by atoms with Crippen molar-refractivity contribution in [2.75, 3.05) is 18.9 Å². The van der Waals surface area contributed by atoms with Crippen molar-refractivity contribution in [2.45, 2.75) is 13.0 Å². The second kappa shape index (κ2) is 7.48. The van der Waals surface area contributed by atoms with Gasteiger partial charge in [-0.15, -0.1) is 5.10 Å². The van der Waals surface area contributed by atoms with Crippen LogP contribution in [0.4, 0.5) is 11.7 Å². The van der Waals surface area contributed by atoms with Gasteiger partial charge in [-0.1, -0.05) is 29.4 Å². The Morgan fingerprint density at radius 3 is 2.72 bits per heavy atom. The van der Waals surface area contributed by atoms with Gasteiger partial charge in [0.2, 0.25) is 5.89 Å². The number of benzene rings is 2. The quantitative estimate of drug-likeness (QED) is 0.558. The average molecular weight is 383 g/mol. The largest absolute Gasteiger partial charge is 0.403 e. The minimum Gasteiger partial charge on any atom is -0.403 e. The van der Waals surface area contributed by atoms with E-state index in [1.165, 1.54) is 11.1 Å². The molecule has 5 rings (SSSR count). The Hall–Kier alpha value is -3.51. The lowest BCUT2D eigenvalue weighted by molar-refractivity contribution is 0.313. The molecule has 0 atom stereocenters. The minimum absolute atomic E-state index is 0.389. The Morgan fingerprint density at radius 2 is 1.83 bits per heavy atom. The van der Waals surface area contributed by atoms with Gasteiger partial charge in [0, 0.05) is 42.3 Å². The lowest BCUT2D eigenvalue weighted by Crippen LogP contribution is -2.26. The highest BCUT2D eigenvalue weighted by Gasteiger charge is 2.15. The highest BCUT2D eigenvalue weighted by atomic mass is 16.4. The van der Waals surface area contributed by atoms with Crippen molar-refractivity contribution in [1.29, 1.82) is 0 Å². The van der Waals surface area contributed by atoms with Crippen LogP contribution in [0.1, 0.15) is 11.1 Å². The van der Waals surface area contributed by atoms with Gasteiger partial charge in [0.25, 0.3) is 0 Å². The highest BCUT2D eigenvalue weighted by molar-refractivity contribution is 5.69. The normalized spacial score (nSPS) is 13.8. The number of fused-ring (bicyclic) bond motifs is 1. The lowest BCUT2D eigenvalue weighted by Gasteiger charge is -2.25. The standard InChI is InChI=1S/C23H21N5O/c1-28-11-9-17-13-21(8-7-20(17)15-28)25-23-27-26-22(29-23)18-5-2-4-16(12-18)19-6-3-10-24-14-19/h2-8,10,12-14H,9,11,15H2,1H3,(H,25,27). The molecule has 29 heavy (non-hydrogen) atoms. The van der Waals surface area contributed by atoms with Gasteiger partial charge in [0.1, 0.15) is 0 Å². The van der Waals surface area contributed by atoms with Crippen LogP contribution in [0.5, 0.6) is 0 Å². The molecule has 0 radical (unpaired) electrons. The number of nitrogens with one attached hydrogen (secondary N) is 1. The molecule has 0 aliphatic carbocycles. The molecule has 2 aromatic heterocycles. The Balaban J connectivity index is 1.36. The van der Waals surface area contributed by atoms with Crippen LogP contribution >= 0.6 is 0 Å². The zero-order chi connectivity index (χ0) is 19.6. The molecule has 0 bridgehead atoms. The van der Waals surface area contributed by atoms with Crippen molar-refractivity contribution in [3.8, 4) is 22.6 Å². The maximum Gasteiger partial charge on any atom is 0.320 e. The molecule has 6 nitrogen and oxygen atoms in total. The van der Waals surface area contributed by atoms with Gasteiger partial charge in [-0.3, -0.25) is 4.98 Å². The van der Waals surface area contributed by atoms with E-state index in [-0.39, 0.29) is 0 Å². The summed E-state index contributed by atoms with van der Waals surface area (Å²) in [6.45, 7) is 2.07. The van der Waals surface area contributed by atoms with Gasteiger partial charge >= 0.3 is 6.01 Å². The zero-order valence-corrected chi connectivity index (χ0v) is 16.2. The van der Waals surface area contributed by atoms with Gasteiger partial charge in [-0.25, -0.2) is 0 Å². The van der Waals surface area contributed by atoms with Crippen LogP contribution in [0, 0.1) is 0 Å². The van der Waals surface area contributed by atoms with Crippen molar-refractivity contribution in [3.05, 3.63) is 78.1 Å². The molecule has 2 aromatic carbocycles. The molecular weight excluding hydrogens is 362 g/mol. The van der Waals surface area contributed by atoms with Gasteiger partial charge in [0.15, 0.2) is 0 Å². The summed E-state index contributed by atoms with van der Waals surface area (Å²) in [6.07, 6.45) is 4.66. The predicted octanol–water partition coefficient (Wildman–Crippen LogP) is 4.53. The van der Waals surface area contributed by atoms with Crippen LogP contribution in [0.2, 0.25) is 0 Å². The number of hydrogen-bond donors (Lipinski definition) is 1. The Bertz CT molecular complexity index is 1140. The van der Waals surface area contributed by atoms with E-state index >= 15 is 0 Å². The molecule has 0 fully saturated rings. The third kappa shape index (κ3) is 3.75. The van der Waals surface area contributed by atoms with E-state index in [0.29, 0.717) is 11.9 Å². The topological polar surface area (TPSA) is 67.1 Å². The summed E-state index contributed by atoms with van der Waals surface area (Å²) >= 11 is 0. The molecule has 4 aromatic rings. The zero-order valence-electron chi connectivity index (χ0n) is 16.2. The molecule has 6 heteroatoms. The van der Waals surface area contributed by atoms with Crippen molar-refractivity contribution in [1.82, 2.24) is 20.1 Å². The number of hydrogen-bond acceptors (Lipinski definition) is 6. The molecule has 0 saturated carbocycles. The number of nitrogens with zero attached hydrogens (tertiary/aromatic N) is 4. The summed E-state index contributed by atoms with van der Waals surface area (Å²) in [6, 6.07) is 18.8. The summed E-state index contributed by atoms with van der Waals surface area (Å²) in [7, 11) is 2.15. The van der Waals surface area contributed by atoms with E-state index in [4.69, 9.17) is 4.42 Å². The first-order valence-corrected chi connectivity index (χ1v) is 9.66. The predicted molar refractivity (Wildman–Crippen MR) is 113 cm³/mol. The summed E-state index contributed by atoms with van der Waals surface area (Å²) in [4.78, 5) is 6.52. The highest BCUT2D eigenvalue weighted by Crippen LogP contribution is 2.28. The van der Waals surface area contributed by atoms with Crippen LogP contribution in [0.3, 0.4) is 0 Å². The SMILES string of the molecule is CN1CCc2cc(Nc3nnc(-c4cccc(-c5cccnc5)c4)o3)ccc2C1. The van der Waals surface area contributed by atoms with Gasteiger partial charge < -0.3 is 14.6 Å². The molecule has 1 aliphatic rings. The smallest absolute Gasteiger partial charge is 0.320 e. The summed E-state index contributed by atoms with van der Waals surface area (Å²) in [5.41, 5.74) is 6.70. The Labute approximate surface area is 169 Å². The van der Waals surface area contributed by atoms with Crippen LogP contribution in [-0.4, -0.2) is 33.7 Å². The fraction of sp³-hybridized carbons (Fsp3) is 0.174. The van der Waals surface area contributed by atoms with E-state index in [0.717, 1.165) is 41.9 Å². The van der Waals surface area contributed by atoms with E-state index in [9.17, 15) is 0 Å². The first-order valence-electron chi connectivity index (χ1n) is 9.66. The molecule has 0 unspecified atom stereocenters. The fourth-order valence-electron chi connectivity index (χ4n) is 3.65. The number of aromatic nitrogens is 3. The van der Waals surface area contributed by atoms with E-state index in [1.807, 2.05) is 42.6 Å². The second-order valence-electron chi connectivity index (χ2n) is 7.33. The molecule has 1 N–H and O–H groups in total. The van der Waals surface area contributed by atoms with Crippen molar-refractivity contribution >= 4 is 11.7 Å². The first-order chi connectivity index (χ1) is 14.2. The number of pyridine rings is 1. The maximum atomic E-state index is 5.87. The van der Waals surface area contributed by atoms with Crippen LogP contribution < -0.4 is 5.32 Å². The number of anilines is 2. The maximum absolute atomic E-state index is 5.87. The third-order valence-corrected chi connectivity index (χ3v) is 5.19. The first kappa shape index (κ1) is 17.6. The Morgan fingerprint density at radius 1 is 0.931 bits per heavy atom. The van der Waals surface area contributed by atoms with Gasteiger partial charge in [-0.05, 0) is 60.5 Å². The molecule has 144 valence electrons. The van der Waals surface area contributed by atoms with Crippen LogP contribution in [-0.2, 0) is 13.0 Å². The second-order valence-corrected chi connectivity index (χ2v) is 7.33. The van der Waals surface area contributed by atoms with Crippen LogP contribution in [0.25, 0.3) is 22.6 Å². The van der Waals surface area contributed by atoms with E-state index < -0.39 is 0 Å². The molecule has 0 amide bonds. The number of likely N-dealkylation sites (N-methyl/N-ethyl adjacent to an activating group) is 1. The van der Waals surface area contributed by atoms with Crippen LogP contribution in [0.15, 0.2) is 71.4 Å². The third-order valence-electron chi connectivity index (χ3n) is 5.19. The molecule has 0 saturated heterocycles. The fourth-order valence-corrected chi connectivity index (χ4v) is 3.65. The Kier molecular flexibility index (Phi) is 4.54. The van der Waals surface area contributed by atoms with Crippen molar-refractivity contribution < 1.29 is 4.42 Å². The van der Waals surface area contributed by atoms with E-state index in [1.54, 1.807) is 6.20 Å².